The number of fused-ring (bicyclic) bond motifs is 5. The number of aromatic nitrogens is 2. The average molecular weight is 334 g/mol. The van der Waals surface area contributed by atoms with Crippen molar-refractivity contribution in [1.82, 2.24) is 15.4 Å². The molecule has 0 saturated heterocycles. The van der Waals surface area contributed by atoms with Gasteiger partial charge in [0.2, 0.25) is 0 Å². The van der Waals surface area contributed by atoms with Crippen molar-refractivity contribution >= 4 is 27.5 Å². The van der Waals surface area contributed by atoms with E-state index in [0.717, 1.165) is 31.5 Å². The Hall–Kier alpha value is -2.36. The second-order valence-electron chi connectivity index (χ2n) is 7.74. The molecule has 4 heteroatoms. The Bertz CT molecular complexity index is 978. The SMILES string of the molecule is CCNN=C1CC(C)(C)Cc2nc(CC)c3c([nH]c4ccccc43)c21. The van der Waals surface area contributed by atoms with Crippen molar-refractivity contribution in [2.45, 2.75) is 47.0 Å². The van der Waals surface area contributed by atoms with Gasteiger partial charge in [0.05, 0.1) is 22.6 Å². The highest BCUT2D eigenvalue weighted by atomic mass is 15.3. The van der Waals surface area contributed by atoms with Crippen LogP contribution in [0.2, 0.25) is 0 Å². The number of hydrogen-bond donors (Lipinski definition) is 2. The highest BCUT2D eigenvalue weighted by molar-refractivity contribution is 6.18. The van der Waals surface area contributed by atoms with Gasteiger partial charge in [-0.1, -0.05) is 39.0 Å². The number of nitrogens with one attached hydrogen (secondary N) is 2. The molecule has 2 N–H and O–H groups in total. The fourth-order valence-electron chi connectivity index (χ4n) is 4.07. The minimum absolute atomic E-state index is 0.180. The molecule has 0 atom stereocenters. The molecule has 130 valence electrons. The third-order valence-electron chi connectivity index (χ3n) is 5.09. The van der Waals surface area contributed by atoms with Crippen LogP contribution in [0, 0.1) is 5.41 Å². The number of benzene rings is 1. The zero-order valence-corrected chi connectivity index (χ0v) is 15.5. The standard InChI is InChI=1S/C21H26N4/c1-5-14-18-13-9-7-8-10-15(13)24-20(18)19-16(23-14)11-21(3,4)12-17(19)25-22-6-2/h7-10,22,24H,5-6,11-12H2,1-4H3. The predicted molar refractivity (Wildman–Crippen MR) is 105 cm³/mol. The van der Waals surface area contributed by atoms with E-state index in [1.165, 1.54) is 38.8 Å². The van der Waals surface area contributed by atoms with Gasteiger partial charge in [-0.15, -0.1) is 0 Å². The summed E-state index contributed by atoms with van der Waals surface area (Å²) < 4.78 is 0. The molecular formula is C21H26N4. The normalized spacial score (nSPS) is 18.0. The number of hydrogen-bond acceptors (Lipinski definition) is 3. The zero-order chi connectivity index (χ0) is 17.6. The van der Waals surface area contributed by atoms with Crippen LogP contribution in [0.15, 0.2) is 29.4 Å². The van der Waals surface area contributed by atoms with Crippen LogP contribution < -0.4 is 5.43 Å². The molecule has 0 saturated carbocycles. The van der Waals surface area contributed by atoms with E-state index in [1.54, 1.807) is 0 Å². The summed E-state index contributed by atoms with van der Waals surface area (Å²) in [7, 11) is 0. The molecule has 0 radical (unpaired) electrons. The van der Waals surface area contributed by atoms with Gasteiger partial charge < -0.3 is 10.4 Å². The maximum atomic E-state index is 5.11. The van der Waals surface area contributed by atoms with Crippen LogP contribution in [0.5, 0.6) is 0 Å². The van der Waals surface area contributed by atoms with Crippen molar-refractivity contribution in [2.24, 2.45) is 10.5 Å². The smallest absolute Gasteiger partial charge is 0.0720 e. The van der Waals surface area contributed by atoms with Gasteiger partial charge in [-0.25, -0.2) is 0 Å². The van der Waals surface area contributed by atoms with E-state index in [2.05, 4.69) is 62.4 Å². The Morgan fingerprint density at radius 1 is 1.20 bits per heavy atom. The second kappa shape index (κ2) is 5.87. The summed E-state index contributed by atoms with van der Waals surface area (Å²) in [4.78, 5) is 8.77. The Morgan fingerprint density at radius 3 is 2.76 bits per heavy atom. The first-order valence-corrected chi connectivity index (χ1v) is 9.26. The highest BCUT2D eigenvalue weighted by Crippen LogP contribution is 2.40. The summed E-state index contributed by atoms with van der Waals surface area (Å²) in [6.45, 7) is 9.71. The summed E-state index contributed by atoms with van der Waals surface area (Å²) in [5, 5.41) is 7.25. The van der Waals surface area contributed by atoms with E-state index in [-0.39, 0.29) is 5.41 Å². The molecule has 0 amide bonds. The Morgan fingerprint density at radius 2 is 2.00 bits per heavy atom. The zero-order valence-electron chi connectivity index (χ0n) is 15.5. The Balaban J connectivity index is 2.09. The van der Waals surface area contributed by atoms with Crippen LogP contribution in [-0.2, 0) is 12.8 Å². The summed E-state index contributed by atoms with van der Waals surface area (Å²) in [5.74, 6) is 0. The van der Waals surface area contributed by atoms with Gasteiger partial charge in [0.1, 0.15) is 0 Å². The summed E-state index contributed by atoms with van der Waals surface area (Å²) in [6.07, 6.45) is 2.89. The number of hydrazone groups is 1. The van der Waals surface area contributed by atoms with Crippen LogP contribution in [0.25, 0.3) is 21.8 Å². The van der Waals surface area contributed by atoms with E-state index < -0.39 is 0 Å². The molecule has 0 spiro atoms. The van der Waals surface area contributed by atoms with Gasteiger partial charge in [-0.05, 0) is 37.7 Å². The van der Waals surface area contributed by atoms with E-state index in [0.29, 0.717) is 0 Å². The highest BCUT2D eigenvalue weighted by Gasteiger charge is 2.33. The van der Waals surface area contributed by atoms with Gasteiger partial charge in [-0.3, -0.25) is 4.98 Å². The number of H-pyrrole nitrogens is 1. The predicted octanol–water partition coefficient (Wildman–Crippen LogP) is 4.56. The number of pyridine rings is 1. The Kier molecular flexibility index (Phi) is 3.78. The molecule has 4 rings (SSSR count). The molecule has 0 unspecified atom stereocenters. The maximum Gasteiger partial charge on any atom is 0.0720 e. The molecule has 3 aromatic rings. The number of nitrogens with zero attached hydrogens (tertiary/aromatic N) is 2. The van der Waals surface area contributed by atoms with Crippen LogP contribution in [0.4, 0.5) is 0 Å². The molecule has 1 aromatic carbocycles. The summed E-state index contributed by atoms with van der Waals surface area (Å²) >= 11 is 0. The molecular weight excluding hydrogens is 308 g/mol. The minimum atomic E-state index is 0.180. The largest absolute Gasteiger partial charge is 0.354 e. The first-order chi connectivity index (χ1) is 12.0. The quantitative estimate of drug-likeness (QED) is 0.690. The lowest BCUT2D eigenvalue weighted by Gasteiger charge is -2.32. The van der Waals surface area contributed by atoms with Gasteiger partial charge in [0.25, 0.3) is 0 Å². The fourth-order valence-corrected chi connectivity index (χ4v) is 4.07. The number of aryl methyl sites for hydroxylation is 1. The van der Waals surface area contributed by atoms with Crippen LogP contribution in [0.1, 0.15) is 51.1 Å². The van der Waals surface area contributed by atoms with Gasteiger partial charge in [0.15, 0.2) is 0 Å². The molecule has 2 heterocycles. The molecule has 1 aliphatic carbocycles. The fraction of sp³-hybridized carbons (Fsp3) is 0.429. The first kappa shape index (κ1) is 16.1. The first-order valence-electron chi connectivity index (χ1n) is 9.26. The van der Waals surface area contributed by atoms with Crippen LogP contribution in [-0.4, -0.2) is 22.2 Å². The van der Waals surface area contributed by atoms with Gasteiger partial charge >= 0.3 is 0 Å². The monoisotopic (exact) mass is 334 g/mol. The maximum absolute atomic E-state index is 5.11. The minimum Gasteiger partial charge on any atom is -0.354 e. The molecule has 0 aliphatic heterocycles. The average Bonchev–Trinajstić information content (AvgIpc) is 2.97. The third kappa shape index (κ3) is 2.60. The number of para-hydroxylation sites is 1. The van der Waals surface area contributed by atoms with Crippen LogP contribution in [0.3, 0.4) is 0 Å². The van der Waals surface area contributed by atoms with Crippen molar-refractivity contribution in [3.05, 3.63) is 41.2 Å². The van der Waals surface area contributed by atoms with Gasteiger partial charge in [-0.2, -0.15) is 5.10 Å². The third-order valence-corrected chi connectivity index (χ3v) is 5.09. The molecule has 0 fully saturated rings. The lowest BCUT2D eigenvalue weighted by molar-refractivity contribution is 0.367. The lowest BCUT2D eigenvalue weighted by atomic mass is 9.74. The number of aromatic amines is 1. The van der Waals surface area contributed by atoms with Gasteiger partial charge in [0, 0.05) is 28.4 Å². The van der Waals surface area contributed by atoms with E-state index >= 15 is 0 Å². The molecule has 1 aliphatic rings. The molecule has 25 heavy (non-hydrogen) atoms. The lowest BCUT2D eigenvalue weighted by Crippen LogP contribution is -2.30. The molecule has 0 bridgehead atoms. The van der Waals surface area contributed by atoms with Crippen molar-refractivity contribution < 1.29 is 0 Å². The van der Waals surface area contributed by atoms with Crippen molar-refractivity contribution in [1.29, 1.82) is 0 Å². The van der Waals surface area contributed by atoms with Crippen molar-refractivity contribution in [3.8, 4) is 0 Å². The topological polar surface area (TPSA) is 53.1 Å². The van der Waals surface area contributed by atoms with E-state index in [4.69, 9.17) is 10.1 Å². The summed E-state index contributed by atoms with van der Waals surface area (Å²) in [5.41, 5.74) is 10.4. The van der Waals surface area contributed by atoms with E-state index in [9.17, 15) is 0 Å². The van der Waals surface area contributed by atoms with Crippen LogP contribution >= 0.6 is 0 Å². The molecule has 2 aromatic heterocycles. The Labute approximate surface area is 148 Å². The van der Waals surface area contributed by atoms with Crippen molar-refractivity contribution in [2.75, 3.05) is 6.54 Å². The summed E-state index contributed by atoms with van der Waals surface area (Å²) in [6, 6.07) is 8.52. The van der Waals surface area contributed by atoms with Crippen molar-refractivity contribution in [3.63, 3.8) is 0 Å². The molecule has 4 nitrogen and oxygen atoms in total. The van der Waals surface area contributed by atoms with E-state index in [1.807, 2.05) is 0 Å². The second-order valence-corrected chi connectivity index (χ2v) is 7.74. The number of rotatable bonds is 3.